The highest BCUT2D eigenvalue weighted by atomic mass is 79.9. The molecule has 0 aromatic heterocycles. The second-order valence-electron chi connectivity index (χ2n) is 3.41. The molecule has 0 saturated carbocycles. The largest absolute Gasteiger partial charge is 0.283 e. The van der Waals surface area contributed by atoms with E-state index in [1.807, 2.05) is 42.4 Å². The molecule has 1 heterocycles. The molecule has 2 rings (SSSR count). The van der Waals surface area contributed by atoms with Crippen LogP contribution < -0.4 is 5.01 Å². The maximum Gasteiger partial charge on any atom is 0.265 e. The maximum atomic E-state index is 12.1. The van der Waals surface area contributed by atoms with E-state index in [1.54, 1.807) is 9.99 Å². The van der Waals surface area contributed by atoms with Gasteiger partial charge in [0.25, 0.3) is 5.91 Å². The van der Waals surface area contributed by atoms with Crippen LogP contribution in [0.4, 0.5) is 5.69 Å². The highest BCUT2D eigenvalue weighted by molar-refractivity contribution is 9.11. The molecule has 5 heteroatoms. The van der Waals surface area contributed by atoms with Crippen LogP contribution in [0.2, 0.25) is 0 Å². The quantitative estimate of drug-likeness (QED) is 0.731. The number of halogens is 2. The highest BCUT2D eigenvalue weighted by Gasteiger charge is 2.39. The van der Waals surface area contributed by atoms with Crippen LogP contribution in [0.3, 0.4) is 0 Å². The summed E-state index contributed by atoms with van der Waals surface area (Å²) in [6.45, 7) is 0. The molecule has 1 unspecified atom stereocenters. The summed E-state index contributed by atoms with van der Waals surface area (Å²) < 4.78 is 0. The van der Waals surface area contributed by atoms with Gasteiger partial charge in [-0.2, -0.15) is 0 Å². The number of amides is 1. The van der Waals surface area contributed by atoms with Crippen molar-refractivity contribution in [2.24, 2.45) is 0 Å². The smallest absolute Gasteiger partial charge is 0.265 e. The number of hydrogen-bond acceptors (Lipinski definition) is 2. The Labute approximate surface area is 111 Å². The lowest BCUT2D eigenvalue weighted by Crippen LogP contribution is -2.35. The van der Waals surface area contributed by atoms with Gasteiger partial charge in [0.1, 0.15) is 4.83 Å². The Morgan fingerprint density at radius 1 is 1.31 bits per heavy atom. The summed E-state index contributed by atoms with van der Waals surface area (Å²) >= 11 is 6.65. The van der Waals surface area contributed by atoms with E-state index in [4.69, 9.17) is 0 Å². The third kappa shape index (κ3) is 1.78. The zero-order valence-corrected chi connectivity index (χ0v) is 11.8. The minimum atomic E-state index is -0.294. The van der Waals surface area contributed by atoms with E-state index in [1.165, 1.54) is 0 Å². The van der Waals surface area contributed by atoms with E-state index in [-0.39, 0.29) is 10.7 Å². The molecule has 1 amide bonds. The first-order valence-electron chi connectivity index (χ1n) is 4.74. The third-order valence-electron chi connectivity index (χ3n) is 2.47. The van der Waals surface area contributed by atoms with Crippen molar-refractivity contribution in [1.82, 2.24) is 5.01 Å². The zero-order chi connectivity index (χ0) is 11.7. The van der Waals surface area contributed by atoms with Crippen LogP contribution in [-0.4, -0.2) is 22.8 Å². The fraction of sp³-hybridized carbons (Fsp3) is 0.182. The molecule has 1 saturated heterocycles. The minimum absolute atomic E-state index is 0.0133. The lowest BCUT2D eigenvalue weighted by molar-refractivity contribution is -0.117. The van der Waals surface area contributed by atoms with E-state index in [0.717, 1.165) is 11.4 Å². The molecule has 0 aliphatic carbocycles. The first-order chi connectivity index (χ1) is 7.66. The lowest BCUT2D eigenvalue weighted by Gasteiger charge is -2.25. The highest BCUT2D eigenvalue weighted by Crippen LogP contribution is 2.32. The number of hydrazine groups is 1. The zero-order valence-electron chi connectivity index (χ0n) is 8.60. The first-order valence-corrected chi connectivity index (χ1v) is 6.57. The fourth-order valence-electron chi connectivity index (χ4n) is 1.66. The molecular formula is C11H10Br2N2O. The lowest BCUT2D eigenvalue weighted by atomic mass is 10.3. The second-order valence-corrected chi connectivity index (χ2v) is 4.78. The Morgan fingerprint density at radius 3 is 2.44 bits per heavy atom. The molecular weight excluding hydrogens is 336 g/mol. The van der Waals surface area contributed by atoms with E-state index < -0.39 is 0 Å². The van der Waals surface area contributed by atoms with E-state index in [2.05, 4.69) is 31.9 Å². The SMILES string of the molecule is CN1/C(=C/Br)C(Br)C(=O)N1c1ccccc1. The average Bonchev–Trinajstić information content (AvgIpc) is 2.51. The molecule has 16 heavy (non-hydrogen) atoms. The average molecular weight is 346 g/mol. The Morgan fingerprint density at radius 2 is 1.94 bits per heavy atom. The van der Waals surface area contributed by atoms with Gasteiger partial charge in [0.2, 0.25) is 0 Å². The summed E-state index contributed by atoms with van der Waals surface area (Å²) in [6.07, 6.45) is 0. The Bertz CT molecular complexity index is 433. The minimum Gasteiger partial charge on any atom is -0.283 e. The van der Waals surface area contributed by atoms with Gasteiger partial charge in [0.05, 0.1) is 11.4 Å². The molecule has 1 atom stereocenters. The predicted octanol–water partition coefficient (Wildman–Crippen LogP) is 2.88. The third-order valence-corrected chi connectivity index (χ3v) is 3.80. The number of benzene rings is 1. The van der Waals surface area contributed by atoms with Crippen molar-refractivity contribution in [3.63, 3.8) is 0 Å². The van der Waals surface area contributed by atoms with Gasteiger partial charge in [0, 0.05) is 12.0 Å². The van der Waals surface area contributed by atoms with Crippen LogP contribution in [0.5, 0.6) is 0 Å². The number of alkyl halides is 1. The molecule has 3 nitrogen and oxygen atoms in total. The van der Waals surface area contributed by atoms with E-state index >= 15 is 0 Å². The van der Waals surface area contributed by atoms with Gasteiger partial charge in [-0.1, -0.05) is 50.1 Å². The summed E-state index contributed by atoms with van der Waals surface area (Å²) in [5, 5.41) is 3.47. The predicted molar refractivity (Wildman–Crippen MR) is 71.4 cm³/mol. The van der Waals surface area contributed by atoms with Gasteiger partial charge < -0.3 is 0 Å². The topological polar surface area (TPSA) is 23.6 Å². The van der Waals surface area contributed by atoms with Crippen molar-refractivity contribution in [2.45, 2.75) is 4.83 Å². The van der Waals surface area contributed by atoms with Gasteiger partial charge in [0.15, 0.2) is 0 Å². The molecule has 0 N–H and O–H groups in total. The molecule has 1 aromatic rings. The molecule has 1 fully saturated rings. The standard InChI is InChI=1S/C11H10Br2N2O/c1-14-9(7-12)10(13)11(16)15(14)8-5-3-2-4-6-8/h2-7,10H,1H3/b9-7+. The second kappa shape index (κ2) is 4.59. The molecule has 0 spiro atoms. The number of anilines is 1. The summed E-state index contributed by atoms with van der Waals surface area (Å²) in [5.74, 6) is 0.0133. The van der Waals surface area contributed by atoms with Gasteiger partial charge in [-0.15, -0.1) is 0 Å². The Hall–Kier alpha value is -0.810. The Balaban J connectivity index is 2.41. The fourth-order valence-corrected chi connectivity index (χ4v) is 3.19. The monoisotopic (exact) mass is 344 g/mol. The van der Waals surface area contributed by atoms with Crippen LogP contribution >= 0.6 is 31.9 Å². The number of carbonyl (C=O) groups excluding carboxylic acids is 1. The van der Waals surface area contributed by atoms with Crippen molar-refractivity contribution in [1.29, 1.82) is 0 Å². The number of para-hydroxylation sites is 1. The molecule has 1 aromatic carbocycles. The molecule has 0 bridgehead atoms. The molecule has 1 aliphatic rings. The maximum absolute atomic E-state index is 12.1. The van der Waals surface area contributed by atoms with Crippen molar-refractivity contribution in [3.05, 3.63) is 41.0 Å². The van der Waals surface area contributed by atoms with Crippen molar-refractivity contribution in [3.8, 4) is 0 Å². The Kier molecular flexibility index (Phi) is 3.35. The van der Waals surface area contributed by atoms with Gasteiger partial charge in [-0.3, -0.25) is 9.80 Å². The van der Waals surface area contributed by atoms with Crippen LogP contribution in [-0.2, 0) is 4.79 Å². The van der Waals surface area contributed by atoms with Crippen molar-refractivity contribution in [2.75, 3.05) is 12.1 Å². The first kappa shape index (κ1) is 11.7. The van der Waals surface area contributed by atoms with Crippen molar-refractivity contribution < 1.29 is 4.79 Å². The van der Waals surface area contributed by atoms with Crippen LogP contribution in [0.15, 0.2) is 41.0 Å². The van der Waals surface area contributed by atoms with Crippen LogP contribution in [0.1, 0.15) is 0 Å². The summed E-state index contributed by atoms with van der Waals surface area (Å²) in [4.78, 5) is 13.5. The summed E-state index contributed by atoms with van der Waals surface area (Å²) in [5.41, 5.74) is 1.75. The summed E-state index contributed by atoms with van der Waals surface area (Å²) in [7, 11) is 1.86. The van der Waals surface area contributed by atoms with Gasteiger partial charge in [-0.05, 0) is 12.1 Å². The van der Waals surface area contributed by atoms with E-state index in [9.17, 15) is 4.79 Å². The molecule has 1 aliphatic heterocycles. The number of nitrogens with zero attached hydrogens (tertiary/aromatic N) is 2. The van der Waals surface area contributed by atoms with Crippen molar-refractivity contribution >= 4 is 43.5 Å². The number of carbonyl (C=O) groups is 1. The van der Waals surface area contributed by atoms with E-state index in [0.29, 0.717) is 0 Å². The molecule has 0 radical (unpaired) electrons. The van der Waals surface area contributed by atoms with Gasteiger partial charge in [-0.25, -0.2) is 5.01 Å². The molecule has 84 valence electrons. The van der Waals surface area contributed by atoms with Crippen LogP contribution in [0.25, 0.3) is 0 Å². The number of hydrogen-bond donors (Lipinski definition) is 0. The number of rotatable bonds is 1. The van der Waals surface area contributed by atoms with Gasteiger partial charge >= 0.3 is 0 Å². The normalized spacial score (nSPS) is 23.3. The summed E-state index contributed by atoms with van der Waals surface area (Å²) in [6, 6.07) is 9.57. The van der Waals surface area contributed by atoms with Crippen LogP contribution in [0, 0.1) is 0 Å².